The summed E-state index contributed by atoms with van der Waals surface area (Å²) in [6, 6.07) is 9.50. The van der Waals surface area contributed by atoms with Crippen LogP contribution in [0.25, 0.3) is 10.9 Å². The molecule has 0 spiro atoms. The largest absolute Gasteiger partial charge is 0.361 e. The van der Waals surface area contributed by atoms with E-state index in [-0.39, 0.29) is 0 Å². The van der Waals surface area contributed by atoms with Gasteiger partial charge in [0.1, 0.15) is 0 Å². The van der Waals surface area contributed by atoms with Crippen molar-refractivity contribution in [2.45, 2.75) is 6.42 Å². The highest BCUT2D eigenvalue weighted by Gasteiger charge is 1.99. The van der Waals surface area contributed by atoms with E-state index in [0.717, 1.165) is 23.0 Å². The maximum atomic E-state index is 4.00. The van der Waals surface area contributed by atoms with E-state index in [4.69, 9.17) is 0 Å². The van der Waals surface area contributed by atoms with E-state index < -0.39 is 0 Å². The Morgan fingerprint density at radius 1 is 1.27 bits per heavy atom. The molecule has 0 amide bonds. The molecule has 1 radical (unpaired) electrons. The van der Waals surface area contributed by atoms with Crippen LogP contribution in [-0.2, 0) is 6.42 Å². The first-order chi connectivity index (χ1) is 7.42. The van der Waals surface area contributed by atoms with Crippen LogP contribution in [0.4, 0.5) is 0 Å². The van der Waals surface area contributed by atoms with Gasteiger partial charge in [0.25, 0.3) is 0 Å². The van der Waals surface area contributed by atoms with Crippen LogP contribution < -0.4 is 0 Å². The van der Waals surface area contributed by atoms with E-state index in [1.165, 1.54) is 5.56 Å². The Labute approximate surface area is 87.2 Å². The summed E-state index contributed by atoms with van der Waals surface area (Å²) in [5.74, 6) is 0. The summed E-state index contributed by atoms with van der Waals surface area (Å²) < 4.78 is 0. The highest BCUT2D eigenvalue weighted by atomic mass is 14.9. The number of hydrogen-bond donors (Lipinski definition) is 2. The first kappa shape index (κ1) is 8.29. The van der Waals surface area contributed by atoms with Crippen molar-refractivity contribution < 1.29 is 0 Å². The normalized spacial score (nSPS) is 10.9. The first-order valence-corrected chi connectivity index (χ1v) is 4.87. The second-order valence-electron chi connectivity index (χ2n) is 3.57. The Morgan fingerprint density at radius 2 is 2.27 bits per heavy atom. The molecule has 0 fully saturated rings. The molecule has 0 bridgehead atoms. The summed E-state index contributed by atoms with van der Waals surface area (Å²) in [5.41, 5.74) is 3.52. The number of rotatable bonds is 2. The number of nitrogens with zero attached hydrogens (tertiary/aromatic N) is 1. The predicted molar refractivity (Wildman–Crippen MR) is 58.5 cm³/mol. The maximum absolute atomic E-state index is 4.00. The number of aromatic amines is 2. The van der Waals surface area contributed by atoms with Gasteiger partial charge in [-0.1, -0.05) is 6.07 Å². The van der Waals surface area contributed by atoms with E-state index in [0.29, 0.717) is 0 Å². The number of fused-ring (bicyclic) bond motifs is 1. The predicted octanol–water partition coefficient (Wildman–Crippen LogP) is 2.28. The minimum absolute atomic E-state index is 0.884. The second-order valence-corrected chi connectivity index (χ2v) is 3.57. The average Bonchev–Trinajstić information content (AvgIpc) is 2.87. The molecule has 3 aromatic rings. The summed E-state index contributed by atoms with van der Waals surface area (Å²) in [7, 11) is 0. The van der Waals surface area contributed by atoms with E-state index in [1.54, 1.807) is 6.33 Å². The summed E-state index contributed by atoms with van der Waals surface area (Å²) in [5, 5.41) is 1.13. The van der Waals surface area contributed by atoms with Crippen molar-refractivity contribution in [2.75, 3.05) is 0 Å². The number of hydrogen-bond acceptors (Lipinski definition) is 1. The van der Waals surface area contributed by atoms with E-state index in [2.05, 4.69) is 39.2 Å². The van der Waals surface area contributed by atoms with Crippen LogP contribution in [0.5, 0.6) is 0 Å². The monoisotopic (exact) mass is 196 g/mol. The molecule has 0 saturated heterocycles. The van der Waals surface area contributed by atoms with Crippen LogP contribution >= 0.6 is 0 Å². The van der Waals surface area contributed by atoms with Gasteiger partial charge in [-0.25, -0.2) is 4.98 Å². The summed E-state index contributed by atoms with van der Waals surface area (Å²) >= 11 is 0. The molecule has 1 aromatic carbocycles. The molecular weight excluding hydrogens is 186 g/mol. The molecule has 0 atom stereocenters. The Kier molecular flexibility index (Phi) is 1.81. The molecule has 3 heteroatoms. The van der Waals surface area contributed by atoms with Crippen LogP contribution in [0.1, 0.15) is 11.3 Å². The molecule has 0 aliphatic carbocycles. The lowest BCUT2D eigenvalue weighted by atomic mass is 10.1. The lowest BCUT2D eigenvalue weighted by Crippen LogP contribution is -1.87. The minimum Gasteiger partial charge on any atom is -0.361 e. The molecule has 73 valence electrons. The first-order valence-electron chi connectivity index (χ1n) is 4.87. The topological polar surface area (TPSA) is 44.5 Å². The molecule has 2 heterocycles. The standard InChI is InChI=1S/C12H10N3/c1-2-12-10(3-4-14-12)5-9(1)6-11-7-13-8-15-11/h1-2,4-5,7-8,14H,6H2,(H,13,15). The molecule has 3 nitrogen and oxygen atoms in total. The maximum Gasteiger partial charge on any atom is 0.0921 e. The van der Waals surface area contributed by atoms with Gasteiger partial charge in [-0.2, -0.15) is 0 Å². The summed E-state index contributed by atoms with van der Waals surface area (Å²) in [6.07, 6.45) is 6.28. The van der Waals surface area contributed by atoms with Gasteiger partial charge in [-0.3, -0.25) is 0 Å². The fourth-order valence-electron chi connectivity index (χ4n) is 1.74. The van der Waals surface area contributed by atoms with Gasteiger partial charge < -0.3 is 9.97 Å². The van der Waals surface area contributed by atoms with Crippen molar-refractivity contribution in [3.05, 3.63) is 54.2 Å². The third-order valence-corrected chi connectivity index (χ3v) is 2.49. The Morgan fingerprint density at radius 3 is 3.13 bits per heavy atom. The fourth-order valence-corrected chi connectivity index (χ4v) is 1.74. The number of imidazole rings is 1. The highest BCUT2D eigenvalue weighted by molar-refractivity contribution is 5.79. The smallest absolute Gasteiger partial charge is 0.0921 e. The van der Waals surface area contributed by atoms with Gasteiger partial charge >= 0.3 is 0 Å². The van der Waals surface area contributed by atoms with E-state index >= 15 is 0 Å². The molecule has 0 aliphatic rings. The molecule has 2 N–H and O–H groups in total. The lowest BCUT2D eigenvalue weighted by molar-refractivity contribution is 1.11. The van der Waals surface area contributed by atoms with Crippen LogP contribution in [-0.4, -0.2) is 15.0 Å². The lowest BCUT2D eigenvalue weighted by Gasteiger charge is -1.98. The Bertz CT molecular complexity index is 563. The molecule has 0 unspecified atom stereocenters. The van der Waals surface area contributed by atoms with Gasteiger partial charge in [-0.05, 0) is 17.7 Å². The molecule has 0 saturated carbocycles. The SMILES string of the molecule is [c]1c[nH]c2ccc(Cc3cnc[nH]3)cc12. The van der Waals surface area contributed by atoms with Crippen molar-refractivity contribution in [1.29, 1.82) is 0 Å². The van der Waals surface area contributed by atoms with Gasteiger partial charge in [0, 0.05) is 41.5 Å². The zero-order valence-corrected chi connectivity index (χ0v) is 8.12. The highest BCUT2D eigenvalue weighted by Crippen LogP contribution is 2.15. The number of aromatic nitrogens is 3. The van der Waals surface area contributed by atoms with Crippen LogP contribution in [0.3, 0.4) is 0 Å². The fraction of sp³-hybridized carbons (Fsp3) is 0.0833. The summed E-state index contributed by atoms with van der Waals surface area (Å²) in [6.45, 7) is 0. The van der Waals surface area contributed by atoms with Crippen molar-refractivity contribution in [3.8, 4) is 0 Å². The molecular formula is C12H10N3. The number of benzene rings is 1. The zero-order valence-electron chi connectivity index (χ0n) is 8.12. The average molecular weight is 196 g/mol. The van der Waals surface area contributed by atoms with Gasteiger partial charge in [0.2, 0.25) is 0 Å². The quantitative estimate of drug-likeness (QED) is 0.649. The minimum atomic E-state index is 0.884. The van der Waals surface area contributed by atoms with Crippen molar-refractivity contribution in [1.82, 2.24) is 15.0 Å². The van der Waals surface area contributed by atoms with E-state index in [9.17, 15) is 0 Å². The molecule has 3 rings (SSSR count). The van der Waals surface area contributed by atoms with Crippen LogP contribution in [0.2, 0.25) is 0 Å². The Balaban J connectivity index is 1.97. The number of H-pyrrole nitrogens is 2. The van der Waals surface area contributed by atoms with Crippen LogP contribution in [0, 0.1) is 6.07 Å². The van der Waals surface area contributed by atoms with Crippen molar-refractivity contribution >= 4 is 10.9 Å². The third kappa shape index (κ3) is 1.52. The number of nitrogens with one attached hydrogen (secondary N) is 2. The van der Waals surface area contributed by atoms with Gasteiger partial charge in [0.05, 0.1) is 6.33 Å². The van der Waals surface area contributed by atoms with Crippen molar-refractivity contribution in [3.63, 3.8) is 0 Å². The van der Waals surface area contributed by atoms with Gasteiger partial charge in [0.15, 0.2) is 0 Å². The van der Waals surface area contributed by atoms with Crippen molar-refractivity contribution in [2.24, 2.45) is 0 Å². The van der Waals surface area contributed by atoms with E-state index in [1.807, 2.05) is 12.4 Å². The van der Waals surface area contributed by atoms with Gasteiger partial charge in [-0.15, -0.1) is 0 Å². The molecule has 0 aliphatic heterocycles. The zero-order chi connectivity index (χ0) is 10.1. The second kappa shape index (κ2) is 3.28. The molecule has 2 aromatic heterocycles. The summed E-state index contributed by atoms with van der Waals surface area (Å²) in [4.78, 5) is 10.2. The molecule has 15 heavy (non-hydrogen) atoms. The third-order valence-electron chi connectivity index (χ3n) is 2.49. The Hall–Kier alpha value is -2.03. The van der Waals surface area contributed by atoms with Crippen LogP contribution in [0.15, 0.2) is 36.9 Å².